The number of carbonyl (C=O) groups excluding carboxylic acids is 1. The van der Waals surface area contributed by atoms with E-state index < -0.39 is 24.4 Å². The third-order valence-electron chi connectivity index (χ3n) is 3.40. The molecule has 0 radical (unpaired) electrons. The zero-order valence-corrected chi connectivity index (χ0v) is 13.1. The summed E-state index contributed by atoms with van der Waals surface area (Å²) in [6.45, 7) is 7.02. The predicted octanol–water partition coefficient (Wildman–Crippen LogP) is 3.17. The lowest BCUT2D eigenvalue weighted by Crippen LogP contribution is -2.49. The molecule has 0 saturated carbocycles. The van der Waals surface area contributed by atoms with E-state index in [2.05, 4.69) is 5.32 Å². The summed E-state index contributed by atoms with van der Waals surface area (Å²) >= 11 is 0. The minimum absolute atomic E-state index is 0.00798. The van der Waals surface area contributed by atoms with Crippen molar-refractivity contribution >= 4 is 6.09 Å². The summed E-state index contributed by atoms with van der Waals surface area (Å²) in [6, 6.07) is -0.212. The van der Waals surface area contributed by atoms with Crippen LogP contribution in [0.25, 0.3) is 0 Å². The number of hydrogen-bond acceptors (Lipinski definition) is 3. The van der Waals surface area contributed by atoms with Crippen molar-refractivity contribution in [2.24, 2.45) is 5.92 Å². The molecule has 1 saturated heterocycles. The molecule has 1 amide bonds. The Morgan fingerprint density at radius 2 is 2.00 bits per heavy atom. The Bertz CT molecular complexity index is 353. The number of alkyl halides is 3. The van der Waals surface area contributed by atoms with Crippen LogP contribution < -0.4 is 5.32 Å². The van der Waals surface area contributed by atoms with Gasteiger partial charge in [0.1, 0.15) is 5.60 Å². The zero-order chi connectivity index (χ0) is 16.3. The molecule has 1 N–H and O–H groups in total. The van der Waals surface area contributed by atoms with Crippen molar-refractivity contribution in [2.75, 3.05) is 19.6 Å². The fourth-order valence-electron chi connectivity index (χ4n) is 2.51. The van der Waals surface area contributed by atoms with E-state index in [1.54, 1.807) is 20.8 Å². The SMILES string of the molecule is C[C@H](NC(=O)OC(C)(C)C)[C@H]1CCCN(CC(F)(F)F)C1. The maximum absolute atomic E-state index is 12.4. The average Bonchev–Trinajstić information content (AvgIpc) is 2.23. The number of carbonyl (C=O) groups is 1. The molecule has 4 nitrogen and oxygen atoms in total. The van der Waals surface area contributed by atoms with Crippen LogP contribution in [0, 0.1) is 5.92 Å². The molecule has 7 heteroatoms. The second-order valence-corrected chi connectivity index (χ2v) is 6.69. The van der Waals surface area contributed by atoms with Crippen LogP contribution in [0.2, 0.25) is 0 Å². The number of rotatable bonds is 3. The van der Waals surface area contributed by atoms with Crippen molar-refractivity contribution in [3.63, 3.8) is 0 Å². The number of ether oxygens (including phenoxy) is 1. The molecule has 0 aromatic carbocycles. The summed E-state index contributed by atoms with van der Waals surface area (Å²) in [4.78, 5) is 13.1. The normalized spacial score (nSPS) is 22.7. The van der Waals surface area contributed by atoms with Gasteiger partial charge in [0.25, 0.3) is 0 Å². The van der Waals surface area contributed by atoms with Gasteiger partial charge in [0, 0.05) is 12.6 Å². The van der Waals surface area contributed by atoms with Crippen molar-refractivity contribution in [1.82, 2.24) is 10.2 Å². The highest BCUT2D eigenvalue weighted by molar-refractivity contribution is 5.68. The molecule has 0 spiro atoms. The Balaban J connectivity index is 2.46. The molecule has 0 unspecified atom stereocenters. The van der Waals surface area contributed by atoms with Crippen LogP contribution >= 0.6 is 0 Å². The van der Waals surface area contributed by atoms with Crippen molar-refractivity contribution in [2.45, 2.75) is 58.4 Å². The minimum atomic E-state index is -4.18. The lowest BCUT2D eigenvalue weighted by molar-refractivity contribution is -0.149. The third kappa shape index (κ3) is 7.55. The second kappa shape index (κ2) is 6.85. The first-order valence-corrected chi connectivity index (χ1v) is 7.25. The number of nitrogens with one attached hydrogen (secondary N) is 1. The van der Waals surface area contributed by atoms with Crippen LogP contribution in [0.3, 0.4) is 0 Å². The summed E-state index contributed by atoms with van der Waals surface area (Å²) in [6.07, 6.45) is -3.18. The molecule has 1 aliphatic rings. The number of likely N-dealkylation sites (tertiary alicyclic amines) is 1. The molecule has 2 atom stereocenters. The Hall–Kier alpha value is -0.980. The van der Waals surface area contributed by atoms with Crippen LogP contribution in [0.5, 0.6) is 0 Å². The number of amides is 1. The average molecular weight is 310 g/mol. The van der Waals surface area contributed by atoms with Gasteiger partial charge < -0.3 is 10.1 Å². The molecule has 1 rings (SSSR count). The van der Waals surface area contributed by atoms with Gasteiger partial charge in [-0.1, -0.05) is 0 Å². The molecule has 0 aromatic rings. The van der Waals surface area contributed by atoms with E-state index in [-0.39, 0.29) is 12.0 Å². The maximum atomic E-state index is 12.4. The summed E-state index contributed by atoms with van der Waals surface area (Å²) in [7, 11) is 0. The first kappa shape index (κ1) is 18.1. The summed E-state index contributed by atoms with van der Waals surface area (Å²) in [5.41, 5.74) is -0.585. The summed E-state index contributed by atoms with van der Waals surface area (Å²) < 4.78 is 42.5. The lowest BCUT2D eigenvalue weighted by atomic mass is 9.91. The van der Waals surface area contributed by atoms with E-state index in [0.717, 1.165) is 6.42 Å². The molecule has 1 heterocycles. The van der Waals surface area contributed by atoms with Crippen molar-refractivity contribution in [3.8, 4) is 0 Å². The molecular weight excluding hydrogens is 285 g/mol. The van der Waals surface area contributed by atoms with Gasteiger partial charge in [-0.2, -0.15) is 13.2 Å². The molecule has 0 aliphatic carbocycles. The van der Waals surface area contributed by atoms with Gasteiger partial charge in [-0.15, -0.1) is 0 Å². The number of nitrogens with zero attached hydrogens (tertiary/aromatic N) is 1. The quantitative estimate of drug-likeness (QED) is 0.870. The van der Waals surface area contributed by atoms with Crippen molar-refractivity contribution in [3.05, 3.63) is 0 Å². The number of alkyl carbamates (subject to hydrolysis) is 1. The van der Waals surface area contributed by atoms with E-state index in [1.807, 2.05) is 6.92 Å². The molecular formula is C14H25F3N2O2. The fraction of sp³-hybridized carbons (Fsp3) is 0.929. The van der Waals surface area contributed by atoms with Crippen LogP contribution in [0.15, 0.2) is 0 Å². The zero-order valence-electron chi connectivity index (χ0n) is 13.1. The Morgan fingerprint density at radius 3 is 2.52 bits per heavy atom. The van der Waals surface area contributed by atoms with E-state index in [1.165, 1.54) is 4.90 Å². The number of piperidine rings is 1. The third-order valence-corrected chi connectivity index (χ3v) is 3.40. The van der Waals surface area contributed by atoms with Crippen LogP contribution in [-0.2, 0) is 4.74 Å². The number of hydrogen-bond donors (Lipinski definition) is 1. The smallest absolute Gasteiger partial charge is 0.407 e. The van der Waals surface area contributed by atoms with Gasteiger partial charge in [-0.3, -0.25) is 4.90 Å². The molecule has 0 aromatic heterocycles. The highest BCUT2D eigenvalue weighted by Crippen LogP contribution is 2.24. The van der Waals surface area contributed by atoms with Gasteiger partial charge in [0.05, 0.1) is 6.54 Å². The van der Waals surface area contributed by atoms with E-state index >= 15 is 0 Å². The van der Waals surface area contributed by atoms with Gasteiger partial charge in [-0.05, 0) is 53.0 Å². The maximum Gasteiger partial charge on any atom is 0.407 e. The summed E-state index contributed by atoms with van der Waals surface area (Å²) in [5, 5.41) is 2.72. The lowest BCUT2D eigenvalue weighted by Gasteiger charge is -2.36. The fourth-order valence-corrected chi connectivity index (χ4v) is 2.51. The number of halogens is 3. The highest BCUT2D eigenvalue weighted by atomic mass is 19.4. The highest BCUT2D eigenvalue weighted by Gasteiger charge is 2.34. The molecule has 0 bridgehead atoms. The minimum Gasteiger partial charge on any atom is -0.444 e. The predicted molar refractivity (Wildman–Crippen MR) is 74.1 cm³/mol. The molecule has 1 aliphatic heterocycles. The molecule has 1 fully saturated rings. The topological polar surface area (TPSA) is 41.6 Å². The Morgan fingerprint density at radius 1 is 1.38 bits per heavy atom. The first-order chi connectivity index (χ1) is 9.46. The monoisotopic (exact) mass is 310 g/mol. The Labute approximate surface area is 124 Å². The van der Waals surface area contributed by atoms with E-state index in [9.17, 15) is 18.0 Å². The van der Waals surface area contributed by atoms with Crippen LogP contribution in [0.1, 0.15) is 40.5 Å². The van der Waals surface area contributed by atoms with Crippen LogP contribution in [0.4, 0.5) is 18.0 Å². The van der Waals surface area contributed by atoms with Gasteiger partial charge in [-0.25, -0.2) is 4.79 Å². The summed E-state index contributed by atoms with van der Waals surface area (Å²) in [5.74, 6) is 0.00798. The van der Waals surface area contributed by atoms with E-state index in [4.69, 9.17) is 4.74 Å². The Kier molecular flexibility index (Phi) is 5.90. The molecule has 21 heavy (non-hydrogen) atoms. The van der Waals surface area contributed by atoms with Gasteiger partial charge in [0.2, 0.25) is 0 Å². The standard InChI is InChI=1S/C14H25F3N2O2/c1-10(18-12(20)21-13(2,3)4)11-6-5-7-19(8-11)9-14(15,16)17/h10-11H,5-9H2,1-4H3,(H,18,20)/t10-,11-/m0/s1. The second-order valence-electron chi connectivity index (χ2n) is 6.69. The van der Waals surface area contributed by atoms with Crippen molar-refractivity contribution in [1.29, 1.82) is 0 Å². The van der Waals surface area contributed by atoms with E-state index in [0.29, 0.717) is 19.5 Å². The molecule has 124 valence electrons. The first-order valence-electron chi connectivity index (χ1n) is 7.25. The van der Waals surface area contributed by atoms with Crippen molar-refractivity contribution < 1.29 is 22.7 Å². The van der Waals surface area contributed by atoms with Gasteiger partial charge >= 0.3 is 12.3 Å². The van der Waals surface area contributed by atoms with Gasteiger partial charge in [0.15, 0.2) is 0 Å². The van der Waals surface area contributed by atoms with Crippen LogP contribution in [-0.4, -0.2) is 48.4 Å². The largest absolute Gasteiger partial charge is 0.444 e.